The highest BCUT2D eigenvalue weighted by molar-refractivity contribution is 7.92. The van der Waals surface area contributed by atoms with Crippen molar-refractivity contribution in [3.8, 4) is 5.75 Å². The van der Waals surface area contributed by atoms with E-state index in [4.69, 9.17) is 16.3 Å². The van der Waals surface area contributed by atoms with Gasteiger partial charge in [0.2, 0.25) is 0 Å². The lowest BCUT2D eigenvalue weighted by atomic mass is 10.3. The Kier molecular flexibility index (Phi) is 6.75. The van der Waals surface area contributed by atoms with E-state index in [-0.39, 0.29) is 24.0 Å². The normalized spacial score (nSPS) is 11.0. The van der Waals surface area contributed by atoms with Gasteiger partial charge in [-0.3, -0.25) is 19.6 Å². The Labute approximate surface area is 164 Å². The van der Waals surface area contributed by atoms with Crippen molar-refractivity contribution in [1.29, 1.82) is 0 Å². The summed E-state index contributed by atoms with van der Waals surface area (Å²) in [6.45, 7) is 1.89. The number of non-ortho nitro benzene ring substituents is 1. The van der Waals surface area contributed by atoms with Crippen LogP contribution in [0.15, 0.2) is 41.3 Å². The lowest BCUT2D eigenvalue weighted by molar-refractivity contribution is -0.385. The second kappa shape index (κ2) is 8.85. The number of carbonyl (C=O) groups excluding carboxylic acids is 1. The largest absolute Gasteiger partial charge is 0.484 e. The van der Waals surface area contributed by atoms with Crippen molar-refractivity contribution in [2.24, 2.45) is 0 Å². The third-order valence-corrected chi connectivity index (χ3v) is 4.97. The fourth-order valence-corrected chi connectivity index (χ4v) is 3.55. The van der Waals surface area contributed by atoms with E-state index in [1.54, 1.807) is 6.92 Å². The quantitative estimate of drug-likeness (QED) is 0.488. The minimum atomic E-state index is -4.53. The molecule has 12 heteroatoms. The average Bonchev–Trinajstić information content (AvgIpc) is 2.62. The van der Waals surface area contributed by atoms with Crippen LogP contribution < -0.4 is 14.8 Å². The maximum absolute atomic E-state index is 14.2. The van der Waals surface area contributed by atoms with Crippen molar-refractivity contribution >= 4 is 38.9 Å². The molecule has 0 radical (unpaired) electrons. The molecule has 0 aliphatic heterocycles. The van der Waals surface area contributed by atoms with Crippen LogP contribution in [0.1, 0.15) is 6.92 Å². The highest BCUT2D eigenvalue weighted by atomic mass is 35.5. The van der Waals surface area contributed by atoms with Gasteiger partial charge in [-0.25, -0.2) is 12.8 Å². The van der Waals surface area contributed by atoms with Gasteiger partial charge in [0, 0.05) is 24.7 Å². The summed E-state index contributed by atoms with van der Waals surface area (Å²) in [5.74, 6) is -1.49. The summed E-state index contributed by atoms with van der Waals surface area (Å²) in [4.78, 5) is 20.4. The van der Waals surface area contributed by atoms with Crippen molar-refractivity contribution < 1.29 is 27.3 Å². The number of halogens is 2. The number of benzene rings is 2. The van der Waals surface area contributed by atoms with Crippen molar-refractivity contribution in [3.05, 3.63) is 57.4 Å². The summed E-state index contributed by atoms with van der Waals surface area (Å²) in [5, 5.41) is 12.7. The van der Waals surface area contributed by atoms with E-state index in [9.17, 15) is 27.7 Å². The molecule has 2 rings (SSSR count). The summed E-state index contributed by atoms with van der Waals surface area (Å²) in [5.41, 5.74) is -0.679. The van der Waals surface area contributed by atoms with Gasteiger partial charge in [0.25, 0.3) is 21.6 Å². The number of ether oxygens (including phenoxy) is 1. The molecular formula is C16H15ClFN3O6S. The maximum atomic E-state index is 14.2. The predicted octanol–water partition coefficient (Wildman–Crippen LogP) is 2.70. The number of nitrogens with zero attached hydrogens (tertiary/aromatic N) is 1. The smallest absolute Gasteiger partial charge is 0.272 e. The zero-order chi connectivity index (χ0) is 20.9. The molecule has 0 bridgehead atoms. The van der Waals surface area contributed by atoms with Gasteiger partial charge in [-0.2, -0.15) is 0 Å². The number of likely N-dealkylation sites (N-methyl/N-ethyl adjacent to an activating group) is 1. The number of hydrogen-bond donors (Lipinski definition) is 2. The molecule has 0 heterocycles. The van der Waals surface area contributed by atoms with Crippen LogP contribution in [0.5, 0.6) is 5.75 Å². The van der Waals surface area contributed by atoms with E-state index in [0.717, 1.165) is 0 Å². The number of amides is 1. The highest BCUT2D eigenvalue weighted by Crippen LogP contribution is 2.30. The van der Waals surface area contributed by atoms with Crippen LogP contribution >= 0.6 is 11.6 Å². The Morgan fingerprint density at radius 1 is 1.32 bits per heavy atom. The SMILES string of the molecule is CCNC(=O)COc1cccc(NS(=O)(=O)c2cc([N+](=O)[O-])cc(Cl)c2F)c1. The molecule has 0 saturated heterocycles. The fraction of sp³-hybridized carbons (Fsp3) is 0.188. The maximum Gasteiger partial charge on any atom is 0.272 e. The first-order valence-corrected chi connectivity index (χ1v) is 9.66. The molecule has 0 aliphatic carbocycles. The second-order valence-corrected chi connectivity index (χ2v) is 7.43. The molecule has 2 N–H and O–H groups in total. The summed E-state index contributed by atoms with van der Waals surface area (Å²) < 4.78 is 46.4. The Bertz CT molecular complexity index is 1020. The zero-order valence-corrected chi connectivity index (χ0v) is 16.0. The van der Waals surface area contributed by atoms with Gasteiger partial charge in [0.05, 0.1) is 15.6 Å². The number of nitro benzene ring substituents is 1. The molecule has 0 atom stereocenters. The van der Waals surface area contributed by atoms with Crippen LogP contribution in [0.3, 0.4) is 0 Å². The summed E-state index contributed by atoms with van der Waals surface area (Å²) >= 11 is 5.56. The molecule has 0 aromatic heterocycles. The molecule has 9 nitrogen and oxygen atoms in total. The number of anilines is 1. The van der Waals surface area contributed by atoms with Gasteiger partial charge in [-0.15, -0.1) is 0 Å². The Morgan fingerprint density at radius 2 is 2.04 bits per heavy atom. The molecule has 150 valence electrons. The van der Waals surface area contributed by atoms with Crippen LogP contribution in [0.2, 0.25) is 5.02 Å². The van der Waals surface area contributed by atoms with Crippen LogP contribution in [0.25, 0.3) is 0 Å². The van der Waals surface area contributed by atoms with Crippen LogP contribution in [-0.2, 0) is 14.8 Å². The molecule has 28 heavy (non-hydrogen) atoms. The average molecular weight is 432 g/mol. The highest BCUT2D eigenvalue weighted by Gasteiger charge is 2.25. The van der Waals surface area contributed by atoms with E-state index in [2.05, 4.69) is 10.0 Å². The van der Waals surface area contributed by atoms with Gasteiger partial charge in [-0.1, -0.05) is 17.7 Å². The number of hydrogen-bond acceptors (Lipinski definition) is 6. The summed E-state index contributed by atoms with van der Waals surface area (Å²) in [7, 11) is -4.53. The lowest BCUT2D eigenvalue weighted by Crippen LogP contribution is -2.28. The standard InChI is InChI=1S/C16H15ClFN3O6S/c1-2-19-15(22)9-27-12-5-3-4-10(6-12)20-28(25,26)14-8-11(21(23)24)7-13(17)16(14)18/h3-8,20H,2,9H2,1H3,(H,19,22). The van der Waals surface area contributed by atoms with Crippen LogP contribution in [-0.4, -0.2) is 32.4 Å². The molecule has 1 amide bonds. The lowest BCUT2D eigenvalue weighted by Gasteiger charge is -2.11. The molecular weight excluding hydrogens is 417 g/mol. The Morgan fingerprint density at radius 3 is 2.68 bits per heavy atom. The van der Waals surface area contributed by atoms with Crippen molar-refractivity contribution in [3.63, 3.8) is 0 Å². The number of nitro groups is 1. The predicted molar refractivity (Wildman–Crippen MR) is 99.5 cm³/mol. The third-order valence-electron chi connectivity index (χ3n) is 3.31. The second-order valence-electron chi connectivity index (χ2n) is 5.37. The first kappa shape index (κ1) is 21.4. The summed E-state index contributed by atoms with van der Waals surface area (Å²) in [6, 6.07) is 6.84. The van der Waals surface area contributed by atoms with Crippen LogP contribution in [0.4, 0.5) is 15.8 Å². The molecule has 2 aromatic rings. The van der Waals surface area contributed by atoms with Crippen LogP contribution in [0, 0.1) is 15.9 Å². The Balaban J connectivity index is 2.27. The topological polar surface area (TPSA) is 128 Å². The zero-order valence-electron chi connectivity index (χ0n) is 14.4. The Hall–Kier alpha value is -2.92. The number of sulfonamides is 1. The number of carbonyl (C=O) groups is 1. The van der Waals surface area contributed by atoms with Crippen molar-refractivity contribution in [1.82, 2.24) is 5.32 Å². The van der Waals surface area contributed by atoms with E-state index in [1.807, 2.05) is 0 Å². The molecule has 0 saturated carbocycles. The summed E-state index contributed by atoms with van der Waals surface area (Å²) in [6.07, 6.45) is 0. The van der Waals surface area contributed by atoms with E-state index in [0.29, 0.717) is 18.7 Å². The number of rotatable bonds is 8. The van der Waals surface area contributed by atoms with Gasteiger partial charge in [0.1, 0.15) is 10.6 Å². The van der Waals surface area contributed by atoms with E-state index >= 15 is 0 Å². The first-order chi connectivity index (χ1) is 13.1. The molecule has 0 fully saturated rings. The molecule has 0 spiro atoms. The monoisotopic (exact) mass is 431 g/mol. The van der Waals surface area contributed by atoms with Gasteiger partial charge in [0.15, 0.2) is 12.4 Å². The third kappa shape index (κ3) is 5.30. The van der Waals surface area contributed by atoms with E-state index in [1.165, 1.54) is 24.3 Å². The van der Waals surface area contributed by atoms with Gasteiger partial charge >= 0.3 is 0 Å². The molecule has 0 aliphatic rings. The van der Waals surface area contributed by atoms with Gasteiger partial charge < -0.3 is 10.1 Å². The molecule has 2 aromatic carbocycles. The fourth-order valence-electron chi connectivity index (χ4n) is 2.11. The van der Waals surface area contributed by atoms with E-state index < -0.39 is 36.4 Å². The van der Waals surface area contributed by atoms with Gasteiger partial charge in [-0.05, 0) is 19.1 Å². The minimum Gasteiger partial charge on any atom is -0.484 e. The van der Waals surface area contributed by atoms with Crippen molar-refractivity contribution in [2.45, 2.75) is 11.8 Å². The minimum absolute atomic E-state index is 0.00423. The first-order valence-electron chi connectivity index (χ1n) is 7.80. The van der Waals surface area contributed by atoms with Crippen molar-refractivity contribution in [2.75, 3.05) is 17.9 Å². The molecule has 0 unspecified atom stereocenters. The number of nitrogens with one attached hydrogen (secondary N) is 2.